The van der Waals surface area contributed by atoms with Crippen molar-refractivity contribution in [3.05, 3.63) is 57.8 Å². The van der Waals surface area contributed by atoms with Gasteiger partial charge < -0.3 is 5.11 Å². The van der Waals surface area contributed by atoms with Crippen molar-refractivity contribution in [3.8, 4) is 6.07 Å². The maximum atomic E-state index is 10.0. The lowest BCUT2D eigenvalue weighted by molar-refractivity contribution is 0.178. The first-order valence-corrected chi connectivity index (χ1v) is 5.93. The molecule has 0 saturated heterocycles. The van der Waals surface area contributed by atoms with Crippen LogP contribution in [0, 0.1) is 11.3 Å². The minimum atomic E-state index is -0.539. The summed E-state index contributed by atoms with van der Waals surface area (Å²) in [6.07, 6.45) is 0.0566. The van der Waals surface area contributed by atoms with Crippen LogP contribution in [0.2, 0.25) is 0 Å². The number of aliphatic hydroxyl groups is 1. The normalized spacial score (nSPS) is 12.0. The zero-order valence-electron chi connectivity index (χ0n) is 8.63. The summed E-state index contributed by atoms with van der Waals surface area (Å²) in [7, 11) is 0. The molecule has 1 aromatic carbocycles. The van der Waals surface area contributed by atoms with Crippen LogP contribution in [0.1, 0.15) is 22.8 Å². The summed E-state index contributed by atoms with van der Waals surface area (Å²) in [5, 5.41) is 22.8. The van der Waals surface area contributed by atoms with Gasteiger partial charge in [0.15, 0.2) is 0 Å². The van der Waals surface area contributed by atoms with Gasteiger partial charge in [0.05, 0.1) is 17.7 Å². The Morgan fingerprint density at radius 1 is 1.38 bits per heavy atom. The van der Waals surface area contributed by atoms with Gasteiger partial charge in [-0.1, -0.05) is 12.1 Å². The lowest BCUT2D eigenvalue weighted by Crippen LogP contribution is -2.01. The molecule has 0 aliphatic rings. The Labute approximate surface area is 98.4 Å². The smallest absolute Gasteiger partial charge is 0.0991 e. The Morgan fingerprint density at radius 3 is 2.94 bits per heavy atom. The monoisotopic (exact) mass is 229 g/mol. The van der Waals surface area contributed by atoms with Crippen LogP contribution in [0.15, 0.2) is 41.1 Å². The predicted octanol–water partition coefficient (Wildman–Crippen LogP) is 2.90. The third-order valence-corrected chi connectivity index (χ3v) is 3.14. The van der Waals surface area contributed by atoms with E-state index in [-0.39, 0.29) is 0 Å². The van der Waals surface area contributed by atoms with Crippen LogP contribution in [-0.4, -0.2) is 5.11 Å². The summed E-state index contributed by atoms with van der Waals surface area (Å²) in [6, 6.07) is 11.2. The van der Waals surface area contributed by atoms with Crippen molar-refractivity contribution >= 4 is 11.3 Å². The lowest BCUT2D eigenvalue weighted by Gasteiger charge is -2.09. The second kappa shape index (κ2) is 4.93. The van der Waals surface area contributed by atoms with Crippen LogP contribution >= 0.6 is 11.3 Å². The number of benzene rings is 1. The molecule has 3 heteroatoms. The molecule has 0 amide bonds. The van der Waals surface area contributed by atoms with Crippen molar-refractivity contribution in [1.29, 1.82) is 5.26 Å². The molecule has 2 nitrogen and oxygen atoms in total. The van der Waals surface area contributed by atoms with Gasteiger partial charge in [-0.15, -0.1) is 0 Å². The average Bonchev–Trinajstić information content (AvgIpc) is 2.82. The van der Waals surface area contributed by atoms with Gasteiger partial charge in [0.1, 0.15) is 0 Å². The molecule has 0 spiro atoms. The van der Waals surface area contributed by atoms with E-state index in [0.717, 1.165) is 11.1 Å². The molecular formula is C13H11NOS. The standard InChI is InChI=1S/C13H11NOS/c14-8-10-2-1-3-12(6-10)13(15)7-11-4-5-16-9-11/h1-6,9,13,15H,7H2. The Bertz CT molecular complexity index is 499. The number of rotatable bonds is 3. The average molecular weight is 229 g/mol. The first kappa shape index (κ1) is 10.9. The molecule has 0 fully saturated rings. The van der Waals surface area contributed by atoms with Gasteiger partial charge in [-0.05, 0) is 40.1 Å². The maximum absolute atomic E-state index is 10.0. The Kier molecular flexibility index (Phi) is 3.35. The van der Waals surface area contributed by atoms with Crippen LogP contribution < -0.4 is 0 Å². The highest BCUT2D eigenvalue weighted by atomic mass is 32.1. The Balaban J connectivity index is 2.15. The molecule has 2 rings (SSSR count). The third-order valence-electron chi connectivity index (χ3n) is 2.41. The van der Waals surface area contributed by atoms with E-state index in [1.165, 1.54) is 0 Å². The number of aliphatic hydroxyl groups excluding tert-OH is 1. The van der Waals surface area contributed by atoms with Crippen molar-refractivity contribution in [2.75, 3.05) is 0 Å². The van der Waals surface area contributed by atoms with Crippen LogP contribution in [0.5, 0.6) is 0 Å². The molecule has 1 N–H and O–H groups in total. The fourth-order valence-electron chi connectivity index (χ4n) is 1.57. The largest absolute Gasteiger partial charge is 0.388 e. The molecule has 2 aromatic rings. The molecule has 0 bridgehead atoms. The molecule has 80 valence electrons. The molecular weight excluding hydrogens is 218 g/mol. The minimum absolute atomic E-state index is 0.539. The van der Waals surface area contributed by atoms with E-state index in [4.69, 9.17) is 5.26 Å². The number of thiophene rings is 1. The summed E-state index contributed by atoms with van der Waals surface area (Å²) >= 11 is 1.62. The van der Waals surface area contributed by atoms with Crippen molar-refractivity contribution in [2.24, 2.45) is 0 Å². The molecule has 1 aromatic heterocycles. The van der Waals surface area contributed by atoms with Crippen molar-refractivity contribution in [3.63, 3.8) is 0 Å². The van der Waals surface area contributed by atoms with Crippen LogP contribution in [-0.2, 0) is 6.42 Å². The third kappa shape index (κ3) is 2.48. The summed E-state index contributed by atoms with van der Waals surface area (Å²) in [6.45, 7) is 0. The SMILES string of the molecule is N#Cc1cccc(C(O)Cc2ccsc2)c1. The lowest BCUT2D eigenvalue weighted by atomic mass is 10.0. The first-order valence-electron chi connectivity index (χ1n) is 4.99. The molecule has 0 aliphatic heterocycles. The van der Waals surface area contributed by atoms with Crippen LogP contribution in [0.4, 0.5) is 0 Å². The minimum Gasteiger partial charge on any atom is -0.388 e. The molecule has 1 atom stereocenters. The highest BCUT2D eigenvalue weighted by molar-refractivity contribution is 7.07. The van der Waals surface area contributed by atoms with E-state index >= 15 is 0 Å². The zero-order chi connectivity index (χ0) is 11.4. The van der Waals surface area contributed by atoms with E-state index in [1.807, 2.05) is 22.9 Å². The number of hydrogen-bond donors (Lipinski definition) is 1. The molecule has 1 heterocycles. The quantitative estimate of drug-likeness (QED) is 0.879. The molecule has 0 aliphatic carbocycles. The van der Waals surface area contributed by atoms with Gasteiger partial charge in [0, 0.05) is 6.42 Å². The highest BCUT2D eigenvalue weighted by Crippen LogP contribution is 2.20. The van der Waals surface area contributed by atoms with E-state index in [0.29, 0.717) is 12.0 Å². The summed E-state index contributed by atoms with van der Waals surface area (Å²) < 4.78 is 0. The van der Waals surface area contributed by atoms with Gasteiger partial charge in [-0.25, -0.2) is 0 Å². The van der Waals surface area contributed by atoms with Gasteiger partial charge >= 0.3 is 0 Å². The van der Waals surface area contributed by atoms with Crippen LogP contribution in [0.25, 0.3) is 0 Å². The van der Waals surface area contributed by atoms with Crippen molar-refractivity contribution < 1.29 is 5.11 Å². The molecule has 0 saturated carbocycles. The van der Waals surface area contributed by atoms with Crippen molar-refractivity contribution in [2.45, 2.75) is 12.5 Å². The number of nitrogens with zero attached hydrogens (tertiary/aromatic N) is 1. The van der Waals surface area contributed by atoms with E-state index in [2.05, 4.69) is 6.07 Å². The molecule has 16 heavy (non-hydrogen) atoms. The van der Waals surface area contributed by atoms with Crippen LogP contribution in [0.3, 0.4) is 0 Å². The van der Waals surface area contributed by atoms with E-state index in [9.17, 15) is 5.11 Å². The second-order valence-electron chi connectivity index (χ2n) is 3.59. The Morgan fingerprint density at radius 2 is 2.25 bits per heavy atom. The van der Waals surface area contributed by atoms with Gasteiger partial charge in [-0.3, -0.25) is 0 Å². The second-order valence-corrected chi connectivity index (χ2v) is 4.37. The van der Waals surface area contributed by atoms with E-state index in [1.54, 1.807) is 29.5 Å². The maximum Gasteiger partial charge on any atom is 0.0991 e. The summed E-state index contributed by atoms with van der Waals surface area (Å²) in [5.41, 5.74) is 2.51. The topological polar surface area (TPSA) is 44.0 Å². The van der Waals surface area contributed by atoms with Gasteiger partial charge in [0.2, 0.25) is 0 Å². The molecule has 1 unspecified atom stereocenters. The van der Waals surface area contributed by atoms with Gasteiger partial charge in [-0.2, -0.15) is 16.6 Å². The molecule has 0 radical (unpaired) electrons. The highest BCUT2D eigenvalue weighted by Gasteiger charge is 2.09. The van der Waals surface area contributed by atoms with E-state index < -0.39 is 6.10 Å². The summed E-state index contributed by atoms with van der Waals surface area (Å²) in [5.74, 6) is 0. The zero-order valence-corrected chi connectivity index (χ0v) is 9.45. The van der Waals surface area contributed by atoms with Crippen molar-refractivity contribution in [1.82, 2.24) is 0 Å². The predicted molar refractivity (Wildman–Crippen MR) is 64.1 cm³/mol. The Hall–Kier alpha value is -1.63. The van der Waals surface area contributed by atoms with Gasteiger partial charge in [0.25, 0.3) is 0 Å². The number of hydrogen-bond acceptors (Lipinski definition) is 3. The number of nitriles is 1. The summed E-state index contributed by atoms with van der Waals surface area (Å²) in [4.78, 5) is 0. The fourth-order valence-corrected chi connectivity index (χ4v) is 2.25. The first-order chi connectivity index (χ1) is 7.79. The fraction of sp³-hybridized carbons (Fsp3) is 0.154.